The van der Waals surface area contributed by atoms with E-state index in [1.54, 1.807) is 23.1 Å². The average Bonchev–Trinajstić information content (AvgIpc) is 3.09. The first-order chi connectivity index (χ1) is 10.1. The third kappa shape index (κ3) is 2.81. The molecule has 7 heteroatoms. The summed E-state index contributed by atoms with van der Waals surface area (Å²) < 4.78 is 7.18. The predicted molar refractivity (Wildman–Crippen MR) is 74.7 cm³/mol. The normalized spacial score (nSPS) is 10.7. The van der Waals surface area contributed by atoms with E-state index in [-0.39, 0.29) is 5.69 Å². The van der Waals surface area contributed by atoms with E-state index >= 15 is 0 Å². The first-order valence-corrected chi connectivity index (χ1v) is 6.31. The second kappa shape index (κ2) is 5.20. The van der Waals surface area contributed by atoms with Gasteiger partial charge in [0, 0.05) is 23.9 Å². The predicted octanol–water partition coefficient (Wildman–Crippen LogP) is 2.80. The Balaban J connectivity index is 1.79. The minimum absolute atomic E-state index is 0.0394. The monoisotopic (exact) mass is 284 g/mol. The minimum atomic E-state index is -0.440. The van der Waals surface area contributed by atoms with Gasteiger partial charge >= 0.3 is 0 Å². The molecule has 0 fully saturated rings. The summed E-state index contributed by atoms with van der Waals surface area (Å²) in [5.74, 6) is 0.434. The molecule has 7 nitrogen and oxygen atoms in total. The van der Waals surface area contributed by atoms with Crippen molar-refractivity contribution in [2.75, 3.05) is 0 Å². The minimum Gasteiger partial charge on any atom is -0.444 e. The molecule has 0 saturated heterocycles. The maximum absolute atomic E-state index is 10.6. The highest BCUT2D eigenvalue weighted by Gasteiger charge is 2.10. The van der Waals surface area contributed by atoms with E-state index in [1.165, 1.54) is 12.1 Å². The second-order valence-corrected chi connectivity index (χ2v) is 4.60. The van der Waals surface area contributed by atoms with Crippen molar-refractivity contribution in [3.63, 3.8) is 0 Å². The zero-order valence-corrected chi connectivity index (χ0v) is 11.3. The van der Waals surface area contributed by atoms with Gasteiger partial charge < -0.3 is 4.42 Å². The van der Waals surface area contributed by atoms with Gasteiger partial charge in [-0.05, 0) is 25.1 Å². The first kappa shape index (κ1) is 13.0. The van der Waals surface area contributed by atoms with Crippen LogP contribution in [0.5, 0.6) is 0 Å². The van der Waals surface area contributed by atoms with E-state index in [9.17, 15) is 10.1 Å². The second-order valence-electron chi connectivity index (χ2n) is 4.60. The van der Waals surface area contributed by atoms with Crippen molar-refractivity contribution in [1.29, 1.82) is 0 Å². The van der Waals surface area contributed by atoms with Gasteiger partial charge in [0.15, 0.2) is 0 Å². The SMILES string of the molecule is Cc1ccn(Cc2coc(-c3ccc([N+](=O)[O-])cc3)n2)n1. The number of hydrogen-bond donors (Lipinski definition) is 0. The van der Waals surface area contributed by atoms with Crippen molar-refractivity contribution in [1.82, 2.24) is 14.8 Å². The average molecular weight is 284 g/mol. The first-order valence-electron chi connectivity index (χ1n) is 6.31. The Morgan fingerprint density at radius 2 is 2.05 bits per heavy atom. The zero-order valence-electron chi connectivity index (χ0n) is 11.3. The highest BCUT2D eigenvalue weighted by atomic mass is 16.6. The number of nitro groups is 1. The van der Waals surface area contributed by atoms with Gasteiger partial charge in [0.05, 0.1) is 17.2 Å². The summed E-state index contributed by atoms with van der Waals surface area (Å²) in [5, 5.41) is 14.9. The molecule has 0 saturated carbocycles. The lowest BCUT2D eigenvalue weighted by atomic mass is 10.2. The van der Waals surface area contributed by atoms with Gasteiger partial charge in [-0.25, -0.2) is 4.98 Å². The highest BCUT2D eigenvalue weighted by molar-refractivity contribution is 5.55. The number of aryl methyl sites for hydroxylation is 1. The lowest BCUT2D eigenvalue weighted by Gasteiger charge is -1.96. The van der Waals surface area contributed by atoms with Crippen molar-refractivity contribution in [2.24, 2.45) is 0 Å². The van der Waals surface area contributed by atoms with E-state index in [0.717, 1.165) is 11.4 Å². The van der Waals surface area contributed by atoms with Gasteiger partial charge in [0.2, 0.25) is 5.89 Å². The van der Waals surface area contributed by atoms with Crippen molar-refractivity contribution in [3.05, 3.63) is 64.3 Å². The van der Waals surface area contributed by atoms with Crippen molar-refractivity contribution < 1.29 is 9.34 Å². The van der Waals surface area contributed by atoms with Crippen LogP contribution in [0.4, 0.5) is 5.69 Å². The maximum atomic E-state index is 10.6. The van der Waals surface area contributed by atoms with Crippen LogP contribution in [-0.2, 0) is 6.54 Å². The Labute approximate surface area is 120 Å². The molecule has 1 aromatic carbocycles. The number of oxazole rings is 1. The standard InChI is InChI=1S/C14H12N4O3/c1-10-6-7-17(16-10)8-12-9-21-14(15-12)11-2-4-13(5-3-11)18(19)20/h2-7,9H,8H2,1H3. The molecule has 0 unspecified atom stereocenters. The summed E-state index contributed by atoms with van der Waals surface area (Å²) >= 11 is 0. The lowest BCUT2D eigenvalue weighted by molar-refractivity contribution is -0.384. The van der Waals surface area contributed by atoms with Crippen LogP contribution < -0.4 is 0 Å². The number of hydrogen-bond acceptors (Lipinski definition) is 5. The van der Waals surface area contributed by atoms with Crippen LogP contribution in [-0.4, -0.2) is 19.7 Å². The third-order valence-electron chi connectivity index (χ3n) is 2.97. The molecule has 2 aromatic heterocycles. The Morgan fingerprint density at radius 1 is 1.29 bits per heavy atom. The summed E-state index contributed by atoms with van der Waals surface area (Å²) in [6.07, 6.45) is 3.43. The molecule has 3 aromatic rings. The molecule has 21 heavy (non-hydrogen) atoms. The van der Waals surface area contributed by atoms with E-state index in [0.29, 0.717) is 18.0 Å². The molecule has 0 aliphatic carbocycles. The molecule has 0 radical (unpaired) electrons. The molecule has 0 spiro atoms. The fourth-order valence-corrected chi connectivity index (χ4v) is 1.96. The Hall–Kier alpha value is -2.96. The number of nitro benzene ring substituents is 1. The summed E-state index contributed by atoms with van der Waals surface area (Å²) in [6, 6.07) is 8.00. The maximum Gasteiger partial charge on any atom is 0.269 e. The molecule has 2 heterocycles. The molecule has 0 bridgehead atoms. The molecular formula is C14H12N4O3. The van der Waals surface area contributed by atoms with Gasteiger partial charge in [-0.15, -0.1) is 0 Å². The number of benzene rings is 1. The molecule has 3 rings (SSSR count). The van der Waals surface area contributed by atoms with Gasteiger partial charge in [-0.2, -0.15) is 5.10 Å². The van der Waals surface area contributed by atoms with Crippen LogP contribution in [0.15, 0.2) is 47.2 Å². The van der Waals surface area contributed by atoms with Gasteiger partial charge in [0.1, 0.15) is 12.0 Å². The lowest BCUT2D eigenvalue weighted by Crippen LogP contribution is -2.00. The summed E-state index contributed by atoms with van der Waals surface area (Å²) in [7, 11) is 0. The van der Waals surface area contributed by atoms with Gasteiger partial charge in [0.25, 0.3) is 5.69 Å². The van der Waals surface area contributed by atoms with Crippen LogP contribution in [0, 0.1) is 17.0 Å². The number of non-ortho nitro benzene ring substituents is 1. The molecule has 0 aliphatic heterocycles. The van der Waals surface area contributed by atoms with E-state index in [2.05, 4.69) is 10.1 Å². The highest BCUT2D eigenvalue weighted by Crippen LogP contribution is 2.22. The van der Waals surface area contributed by atoms with E-state index < -0.39 is 4.92 Å². The Bertz CT molecular complexity index is 774. The molecular weight excluding hydrogens is 272 g/mol. The van der Waals surface area contributed by atoms with Gasteiger partial charge in [-0.1, -0.05) is 0 Å². The fraction of sp³-hybridized carbons (Fsp3) is 0.143. The zero-order chi connectivity index (χ0) is 14.8. The largest absolute Gasteiger partial charge is 0.444 e. The van der Waals surface area contributed by atoms with Crippen LogP contribution in [0.2, 0.25) is 0 Å². The quantitative estimate of drug-likeness (QED) is 0.543. The third-order valence-corrected chi connectivity index (χ3v) is 2.97. The van der Waals surface area contributed by atoms with Crippen LogP contribution >= 0.6 is 0 Å². The Kier molecular flexibility index (Phi) is 3.23. The van der Waals surface area contributed by atoms with Crippen LogP contribution in [0.25, 0.3) is 11.5 Å². The molecule has 0 aliphatic rings. The molecule has 0 atom stereocenters. The van der Waals surface area contributed by atoms with Crippen LogP contribution in [0.1, 0.15) is 11.4 Å². The summed E-state index contributed by atoms with van der Waals surface area (Å²) in [4.78, 5) is 14.5. The van der Waals surface area contributed by atoms with Crippen molar-refractivity contribution in [3.8, 4) is 11.5 Å². The van der Waals surface area contributed by atoms with Gasteiger partial charge in [-0.3, -0.25) is 14.8 Å². The van der Waals surface area contributed by atoms with E-state index in [4.69, 9.17) is 4.42 Å². The molecule has 0 N–H and O–H groups in total. The Morgan fingerprint density at radius 3 is 2.67 bits per heavy atom. The number of nitrogens with zero attached hydrogens (tertiary/aromatic N) is 4. The molecule has 0 amide bonds. The van der Waals surface area contributed by atoms with E-state index in [1.807, 2.05) is 19.2 Å². The van der Waals surface area contributed by atoms with Crippen LogP contribution in [0.3, 0.4) is 0 Å². The number of aromatic nitrogens is 3. The fourth-order valence-electron chi connectivity index (χ4n) is 1.96. The summed E-state index contributed by atoms with van der Waals surface area (Å²) in [6.45, 7) is 2.44. The smallest absolute Gasteiger partial charge is 0.269 e. The molecule has 106 valence electrons. The number of rotatable bonds is 4. The summed E-state index contributed by atoms with van der Waals surface area (Å²) in [5.41, 5.74) is 2.42. The topological polar surface area (TPSA) is 87.0 Å². The van der Waals surface area contributed by atoms with Crippen molar-refractivity contribution >= 4 is 5.69 Å². The van der Waals surface area contributed by atoms with Crippen molar-refractivity contribution in [2.45, 2.75) is 13.5 Å².